The highest BCUT2D eigenvalue weighted by Crippen LogP contribution is 2.14. The first kappa shape index (κ1) is 16.6. The van der Waals surface area contributed by atoms with Crippen LogP contribution in [0.1, 0.15) is 28.7 Å². The molecule has 0 aromatic carbocycles. The number of ether oxygens (including phenoxy) is 1. The second-order valence-electron chi connectivity index (χ2n) is 5.72. The van der Waals surface area contributed by atoms with Crippen LogP contribution in [0.4, 0.5) is 0 Å². The van der Waals surface area contributed by atoms with E-state index in [0.29, 0.717) is 43.3 Å². The highest BCUT2D eigenvalue weighted by atomic mass is 16.5. The lowest BCUT2D eigenvalue weighted by molar-refractivity contribution is -0.132. The molecule has 122 valence electrons. The average molecular weight is 309 g/mol. The van der Waals surface area contributed by atoms with Gasteiger partial charge in [-0.15, -0.1) is 0 Å². The van der Waals surface area contributed by atoms with E-state index in [-0.39, 0.29) is 30.8 Å². The summed E-state index contributed by atoms with van der Waals surface area (Å²) in [6.45, 7) is 7.09. The molecule has 1 aromatic heterocycles. The number of nitrogens with zero attached hydrogens (tertiary/aromatic N) is 3. The van der Waals surface area contributed by atoms with Crippen molar-refractivity contribution in [1.82, 2.24) is 14.7 Å². The standard InChI is InChI=1S/C15H23N3O4/c1-10-15(12(3)20)11(2)18(16-10)7-14(21)17-4-5-22-9-13(6-17)8-19/h13,19H,4-9H2,1-3H3/t13-/m1/s1. The number of carbonyl (C=O) groups excluding carboxylic acids is 2. The Hall–Kier alpha value is -1.73. The van der Waals surface area contributed by atoms with Crippen LogP contribution in [0.2, 0.25) is 0 Å². The molecule has 2 rings (SSSR count). The van der Waals surface area contributed by atoms with Gasteiger partial charge in [0.25, 0.3) is 0 Å². The van der Waals surface area contributed by atoms with Crippen molar-refractivity contribution in [3.05, 3.63) is 17.0 Å². The summed E-state index contributed by atoms with van der Waals surface area (Å²) in [4.78, 5) is 25.8. The topological polar surface area (TPSA) is 84.7 Å². The summed E-state index contributed by atoms with van der Waals surface area (Å²) in [5.74, 6) is -0.179. The molecule has 2 heterocycles. The fourth-order valence-corrected chi connectivity index (χ4v) is 2.81. The normalized spacial score (nSPS) is 19.1. The van der Waals surface area contributed by atoms with Crippen molar-refractivity contribution in [2.45, 2.75) is 27.3 Å². The van der Waals surface area contributed by atoms with Gasteiger partial charge in [0.15, 0.2) is 5.78 Å². The Morgan fingerprint density at radius 2 is 2.14 bits per heavy atom. The molecule has 1 N–H and O–H groups in total. The quantitative estimate of drug-likeness (QED) is 0.802. The van der Waals surface area contributed by atoms with E-state index in [2.05, 4.69) is 5.10 Å². The first-order valence-electron chi connectivity index (χ1n) is 7.45. The molecular weight excluding hydrogens is 286 g/mol. The fourth-order valence-electron chi connectivity index (χ4n) is 2.81. The van der Waals surface area contributed by atoms with Gasteiger partial charge in [0.2, 0.25) is 5.91 Å². The summed E-state index contributed by atoms with van der Waals surface area (Å²) in [5.41, 5.74) is 1.94. The highest BCUT2D eigenvalue weighted by Gasteiger charge is 2.24. The van der Waals surface area contributed by atoms with Crippen molar-refractivity contribution in [1.29, 1.82) is 0 Å². The van der Waals surface area contributed by atoms with E-state index in [0.717, 1.165) is 0 Å². The highest BCUT2D eigenvalue weighted by molar-refractivity contribution is 5.96. The number of carbonyl (C=O) groups is 2. The van der Waals surface area contributed by atoms with Crippen LogP contribution in [0.3, 0.4) is 0 Å². The summed E-state index contributed by atoms with van der Waals surface area (Å²) < 4.78 is 6.96. The van der Waals surface area contributed by atoms with E-state index in [1.54, 1.807) is 23.4 Å². The molecule has 0 radical (unpaired) electrons. The Morgan fingerprint density at radius 1 is 1.41 bits per heavy atom. The minimum absolute atomic E-state index is 0.00182. The molecule has 7 nitrogen and oxygen atoms in total. The monoisotopic (exact) mass is 309 g/mol. The first-order chi connectivity index (χ1) is 10.4. The van der Waals surface area contributed by atoms with Gasteiger partial charge in [-0.05, 0) is 20.8 Å². The zero-order valence-corrected chi connectivity index (χ0v) is 13.3. The number of aromatic nitrogens is 2. The molecule has 0 spiro atoms. The fraction of sp³-hybridized carbons (Fsp3) is 0.667. The molecule has 1 atom stereocenters. The van der Waals surface area contributed by atoms with Crippen LogP contribution in [-0.2, 0) is 16.1 Å². The molecule has 1 fully saturated rings. The molecule has 22 heavy (non-hydrogen) atoms. The lowest BCUT2D eigenvalue weighted by Crippen LogP contribution is -2.39. The van der Waals surface area contributed by atoms with Crippen LogP contribution in [-0.4, -0.2) is 64.4 Å². The van der Waals surface area contributed by atoms with Crippen LogP contribution in [0, 0.1) is 19.8 Å². The van der Waals surface area contributed by atoms with Gasteiger partial charge in [-0.3, -0.25) is 14.3 Å². The van der Waals surface area contributed by atoms with Gasteiger partial charge in [-0.1, -0.05) is 0 Å². The minimum Gasteiger partial charge on any atom is -0.396 e. The van der Waals surface area contributed by atoms with E-state index >= 15 is 0 Å². The Bertz CT molecular complexity index is 567. The molecule has 0 aliphatic carbocycles. The minimum atomic E-state index is -0.0790. The summed E-state index contributed by atoms with van der Waals surface area (Å²) in [7, 11) is 0. The zero-order valence-electron chi connectivity index (χ0n) is 13.3. The number of aryl methyl sites for hydroxylation is 1. The van der Waals surface area contributed by atoms with Crippen molar-refractivity contribution in [2.24, 2.45) is 5.92 Å². The van der Waals surface area contributed by atoms with Crippen molar-refractivity contribution in [3.63, 3.8) is 0 Å². The van der Waals surface area contributed by atoms with E-state index in [1.165, 1.54) is 6.92 Å². The molecule has 0 bridgehead atoms. The van der Waals surface area contributed by atoms with Crippen LogP contribution in [0.15, 0.2) is 0 Å². The number of rotatable bonds is 4. The van der Waals surface area contributed by atoms with Crippen LogP contribution >= 0.6 is 0 Å². The third-order valence-corrected chi connectivity index (χ3v) is 3.97. The SMILES string of the molecule is CC(=O)c1c(C)nn(CC(=O)N2CCOC[C@@H](CO)C2)c1C. The number of Topliss-reactive ketones (excluding diaryl/α,β-unsaturated/α-hetero) is 1. The molecule has 0 unspecified atom stereocenters. The van der Waals surface area contributed by atoms with Gasteiger partial charge < -0.3 is 14.7 Å². The summed E-state index contributed by atoms with van der Waals surface area (Å²) in [5, 5.41) is 13.6. The number of aliphatic hydroxyl groups excluding tert-OH is 1. The van der Waals surface area contributed by atoms with Crippen molar-refractivity contribution >= 4 is 11.7 Å². The number of aliphatic hydroxyl groups is 1. The maximum atomic E-state index is 12.5. The molecule has 1 aromatic rings. The molecule has 1 aliphatic heterocycles. The molecular formula is C15H23N3O4. The predicted octanol–water partition coefficient (Wildman–Crippen LogP) is 0.170. The van der Waals surface area contributed by atoms with Crippen molar-refractivity contribution < 1.29 is 19.4 Å². The molecule has 1 aliphatic rings. The second-order valence-corrected chi connectivity index (χ2v) is 5.72. The third-order valence-electron chi connectivity index (χ3n) is 3.97. The molecule has 7 heteroatoms. The van der Waals surface area contributed by atoms with Crippen molar-refractivity contribution in [2.75, 3.05) is 32.9 Å². The number of hydrogen-bond donors (Lipinski definition) is 1. The first-order valence-corrected chi connectivity index (χ1v) is 7.45. The van der Waals surface area contributed by atoms with E-state index < -0.39 is 0 Å². The second kappa shape index (κ2) is 7.02. The van der Waals surface area contributed by atoms with Crippen LogP contribution in [0.5, 0.6) is 0 Å². The Morgan fingerprint density at radius 3 is 2.73 bits per heavy atom. The van der Waals surface area contributed by atoms with E-state index in [9.17, 15) is 14.7 Å². The van der Waals surface area contributed by atoms with Gasteiger partial charge >= 0.3 is 0 Å². The summed E-state index contributed by atoms with van der Waals surface area (Å²) in [6.07, 6.45) is 0. The largest absolute Gasteiger partial charge is 0.396 e. The van der Waals surface area contributed by atoms with Gasteiger partial charge in [0.1, 0.15) is 6.54 Å². The molecule has 1 saturated heterocycles. The van der Waals surface area contributed by atoms with E-state index in [4.69, 9.17) is 4.74 Å². The lowest BCUT2D eigenvalue weighted by atomic mass is 10.1. The number of ketones is 1. The Kier molecular flexibility index (Phi) is 5.31. The predicted molar refractivity (Wildman–Crippen MR) is 79.7 cm³/mol. The molecule has 0 saturated carbocycles. The number of hydrogen-bond acceptors (Lipinski definition) is 5. The van der Waals surface area contributed by atoms with Gasteiger partial charge in [0.05, 0.1) is 24.5 Å². The van der Waals surface area contributed by atoms with E-state index in [1.807, 2.05) is 0 Å². The Balaban J connectivity index is 2.11. The van der Waals surface area contributed by atoms with Gasteiger partial charge in [-0.25, -0.2) is 0 Å². The summed E-state index contributed by atoms with van der Waals surface area (Å²) in [6, 6.07) is 0. The van der Waals surface area contributed by atoms with Crippen LogP contribution in [0.25, 0.3) is 0 Å². The smallest absolute Gasteiger partial charge is 0.244 e. The average Bonchev–Trinajstić information content (AvgIpc) is 2.66. The summed E-state index contributed by atoms with van der Waals surface area (Å²) >= 11 is 0. The van der Waals surface area contributed by atoms with Gasteiger partial charge in [0, 0.05) is 31.3 Å². The third kappa shape index (κ3) is 3.53. The zero-order chi connectivity index (χ0) is 16.3. The Labute approximate surface area is 129 Å². The molecule has 1 amide bonds. The lowest BCUT2D eigenvalue weighted by Gasteiger charge is -2.22. The van der Waals surface area contributed by atoms with Crippen molar-refractivity contribution in [3.8, 4) is 0 Å². The number of amides is 1. The maximum absolute atomic E-state index is 12.5. The van der Waals surface area contributed by atoms with Gasteiger partial charge in [-0.2, -0.15) is 5.10 Å². The maximum Gasteiger partial charge on any atom is 0.244 e. The van der Waals surface area contributed by atoms with Crippen LogP contribution < -0.4 is 0 Å².